The van der Waals surface area contributed by atoms with Gasteiger partial charge >= 0.3 is 5.97 Å². The summed E-state index contributed by atoms with van der Waals surface area (Å²) in [6.45, 7) is 2.25. The first-order valence-electron chi connectivity index (χ1n) is 7.64. The van der Waals surface area contributed by atoms with Crippen molar-refractivity contribution in [2.24, 2.45) is 7.05 Å². The molecular weight excluding hydrogens is 282 g/mol. The molecule has 1 saturated heterocycles. The van der Waals surface area contributed by atoms with E-state index in [-0.39, 0.29) is 12.5 Å². The van der Waals surface area contributed by atoms with Crippen LogP contribution in [0.5, 0.6) is 0 Å². The van der Waals surface area contributed by atoms with Gasteiger partial charge in [0.1, 0.15) is 5.82 Å². The second kappa shape index (κ2) is 6.46. The summed E-state index contributed by atoms with van der Waals surface area (Å²) in [5.41, 5.74) is 3.21. The van der Waals surface area contributed by atoms with Crippen LogP contribution < -0.4 is 5.32 Å². The fourth-order valence-corrected chi connectivity index (χ4v) is 2.95. The smallest absolute Gasteiger partial charge is 0.303 e. The van der Waals surface area contributed by atoms with Crippen LogP contribution in [0.3, 0.4) is 0 Å². The van der Waals surface area contributed by atoms with Gasteiger partial charge in [-0.15, -0.1) is 0 Å². The lowest BCUT2D eigenvalue weighted by Gasteiger charge is -2.24. The second-order valence-electron chi connectivity index (χ2n) is 5.63. The number of para-hydroxylation sites is 1. The van der Waals surface area contributed by atoms with E-state index in [0.717, 1.165) is 35.6 Å². The summed E-state index contributed by atoms with van der Waals surface area (Å²) in [6.07, 6.45) is 1.45. The average Bonchev–Trinajstić information content (AvgIpc) is 2.85. The lowest BCUT2D eigenvalue weighted by molar-refractivity contribution is -0.137. The van der Waals surface area contributed by atoms with Crippen molar-refractivity contribution in [1.82, 2.24) is 14.9 Å². The number of ether oxygens (including phenoxy) is 1. The zero-order valence-electron chi connectivity index (χ0n) is 12.7. The lowest BCUT2D eigenvalue weighted by atomic mass is 10.1. The molecule has 1 aromatic heterocycles. The maximum absolute atomic E-state index is 10.7. The summed E-state index contributed by atoms with van der Waals surface area (Å²) < 4.78 is 7.61. The van der Waals surface area contributed by atoms with Crippen LogP contribution in [-0.4, -0.2) is 40.4 Å². The fourth-order valence-electron chi connectivity index (χ4n) is 2.95. The van der Waals surface area contributed by atoms with Crippen LogP contribution >= 0.6 is 0 Å². The van der Waals surface area contributed by atoms with E-state index in [1.807, 2.05) is 13.1 Å². The van der Waals surface area contributed by atoms with E-state index in [0.29, 0.717) is 19.4 Å². The molecule has 0 bridgehead atoms. The largest absolute Gasteiger partial charge is 0.481 e. The first-order valence-corrected chi connectivity index (χ1v) is 7.64. The van der Waals surface area contributed by atoms with Gasteiger partial charge in [0.15, 0.2) is 0 Å². The SMILES string of the molecule is Cn1c(CCCC(=O)O)nc2c(C3COCCN3)cccc21. The molecule has 2 heterocycles. The summed E-state index contributed by atoms with van der Waals surface area (Å²) in [4.78, 5) is 15.4. The number of imidazole rings is 1. The van der Waals surface area contributed by atoms with Gasteiger partial charge in [0.05, 0.1) is 30.3 Å². The molecule has 6 nitrogen and oxygen atoms in total. The molecule has 2 aromatic rings. The number of hydrogen-bond donors (Lipinski definition) is 2. The zero-order valence-corrected chi connectivity index (χ0v) is 12.7. The molecule has 0 radical (unpaired) electrons. The number of carboxylic acid groups (broad SMARTS) is 1. The quantitative estimate of drug-likeness (QED) is 0.878. The fraction of sp³-hybridized carbons (Fsp3) is 0.500. The number of nitrogens with one attached hydrogen (secondary N) is 1. The molecule has 3 rings (SSSR count). The Kier molecular flexibility index (Phi) is 4.40. The number of benzene rings is 1. The van der Waals surface area contributed by atoms with Crippen LogP contribution in [0.25, 0.3) is 11.0 Å². The van der Waals surface area contributed by atoms with Gasteiger partial charge in [0.2, 0.25) is 0 Å². The summed E-state index contributed by atoms with van der Waals surface area (Å²) in [6, 6.07) is 6.34. The number of carboxylic acids is 1. The summed E-state index contributed by atoms with van der Waals surface area (Å²) in [7, 11) is 1.99. The van der Waals surface area contributed by atoms with Crippen molar-refractivity contribution in [2.45, 2.75) is 25.3 Å². The van der Waals surface area contributed by atoms with Crippen LogP contribution in [0.15, 0.2) is 18.2 Å². The Hall–Kier alpha value is -1.92. The Balaban J connectivity index is 1.89. The molecule has 1 atom stereocenters. The molecule has 0 aliphatic carbocycles. The van der Waals surface area contributed by atoms with E-state index in [9.17, 15) is 4.79 Å². The van der Waals surface area contributed by atoms with Crippen LogP contribution in [-0.2, 0) is 23.0 Å². The highest BCUT2D eigenvalue weighted by Crippen LogP contribution is 2.26. The van der Waals surface area contributed by atoms with Gasteiger partial charge in [0.25, 0.3) is 0 Å². The third-order valence-electron chi connectivity index (χ3n) is 4.12. The molecular formula is C16H21N3O3. The molecule has 1 unspecified atom stereocenters. The summed E-state index contributed by atoms with van der Waals surface area (Å²) in [5, 5.41) is 12.2. The molecule has 1 aliphatic rings. The molecule has 6 heteroatoms. The summed E-state index contributed by atoms with van der Waals surface area (Å²) in [5.74, 6) is 0.170. The number of fused-ring (bicyclic) bond motifs is 1. The van der Waals surface area contributed by atoms with E-state index in [1.165, 1.54) is 0 Å². The molecule has 0 saturated carbocycles. The Bertz CT molecular complexity index is 675. The van der Waals surface area contributed by atoms with Gasteiger partial charge < -0.3 is 19.7 Å². The van der Waals surface area contributed by atoms with Gasteiger partial charge in [0, 0.05) is 26.4 Å². The minimum atomic E-state index is -0.761. The molecule has 1 aromatic carbocycles. The van der Waals surface area contributed by atoms with E-state index in [1.54, 1.807) is 0 Å². The Morgan fingerprint density at radius 3 is 3.14 bits per heavy atom. The minimum Gasteiger partial charge on any atom is -0.481 e. The first kappa shape index (κ1) is 15.0. The molecule has 1 fully saturated rings. The lowest BCUT2D eigenvalue weighted by Crippen LogP contribution is -2.34. The number of aliphatic carboxylic acids is 1. The van der Waals surface area contributed by atoms with Crippen molar-refractivity contribution in [3.05, 3.63) is 29.6 Å². The minimum absolute atomic E-state index is 0.166. The van der Waals surface area contributed by atoms with Gasteiger partial charge in [-0.2, -0.15) is 0 Å². The highest BCUT2D eigenvalue weighted by Gasteiger charge is 2.20. The van der Waals surface area contributed by atoms with E-state index in [2.05, 4.69) is 22.0 Å². The number of aryl methyl sites for hydroxylation is 2. The number of hydrogen-bond acceptors (Lipinski definition) is 4. The van der Waals surface area contributed by atoms with Gasteiger partial charge in [-0.1, -0.05) is 12.1 Å². The predicted octanol–water partition coefficient (Wildman–Crippen LogP) is 1.64. The number of rotatable bonds is 5. The third-order valence-corrected chi connectivity index (χ3v) is 4.12. The zero-order chi connectivity index (χ0) is 15.5. The van der Waals surface area contributed by atoms with Crippen molar-refractivity contribution < 1.29 is 14.6 Å². The second-order valence-corrected chi connectivity index (χ2v) is 5.63. The van der Waals surface area contributed by atoms with Gasteiger partial charge in [-0.25, -0.2) is 4.98 Å². The van der Waals surface area contributed by atoms with Crippen LogP contribution in [0, 0.1) is 0 Å². The van der Waals surface area contributed by atoms with E-state index < -0.39 is 5.97 Å². The van der Waals surface area contributed by atoms with Crippen molar-refractivity contribution in [1.29, 1.82) is 0 Å². The van der Waals surface area contributed by atoms with E-state index >= 15 is 0 Å². The standard InChI is InChI=1S/C16H21N3O3/c1-19-13-5-2-4-11(12-10-22-9-8-17-12)16(13)18-14(19)6-3-7-15(20)21/h2,4-5,12,17H,3,6-10H2,1H3,(H,20,21). The molecule has 0 spiro atoms. The molecule has 0 amide bonds. The molecule has 2 N–H and O–H groups in total. The Morgan fingerprint density at radius 2 is 2.41 bits per heavy atom. The number of morpholine rings is 1. The maximum atomic E-state index is 10.7. The Labute approximate surface area is 129 Å². The summed E-state index contributed by atoms with van der Waals surface area (Å²) >= 11 is 0. The third kappa shape index (κ3) is 2.98. The van der Waals surface area contributed by atoms with Crippen molar-refractivity contribution in [3.63, 3.8) is 0 Å². The van der Waals surface area contributed by atoms with Crippen LogP contribution in [0.1, 0.15) is 30.3 Å². The predicted molar refractivity (Wildman–Crippen MR) is 82.9 cm³/mol. The highest BCUT2D eigenvalue weighted by molar-refractivity contribution is 5.80. The normalized spacial score (nSPS) is 18.7. The monoisotopic (exact) mass is 303 g/mol. The topological polar surface area (TPSA) is 76.4 Å². The van der Waals surface area contributed by atoms with Gasteiger partial charge in [-0.05, 0) is 18.1 Å². The maximum Gasteiger partial charge on any atom is 0.303 e. The Morgan fingerprint density at radius 1 is 1.55 bits per heavy atom. The van der Waals surface area contributed by atoms with Crippen molar-refractivity contribution >= 4 is 17.0 Å². The number of carbonyl (C=O) groups is 1. The van der Waals surface area contributed by atoms with Gasteiger partial charge in [-0.3, -0.25) is 4.79 Å². The first-order chi connectivity index (χ1) is 10.7. The van der Waals surface area contributed by atoms with Crippen LogP contribution in [0.2, 0.25) is 0 Å². The molecule has 22 heavy (non-hydrogen) atoms. The number of aromatic nitrogens is 2. The number of nitrogens with zero attached hydrogens (tertiary/aromatic N) is 2. The average molecular weight is 303 g/mol. The van der Waals surface area contributed by atoms with Crippen LogP contribution in [0.4, 0.5) is 0 Å². The van der Waals surface area contributed by atoms with Crippen molar-refractivity contribution in [2.75, 3.05) is 19.8 Å². The van der Waals surface area contributed by atoms with Crippen molar-refractivity contribution in [3.8, 4) is 0 Å². The molecule has 1 aliphatic heterocycles. The van der Waals surface area contributed by atoms with E-state index in [4.69, 9.17) is 14.8 Å². The highest BCUT2D eigenvalue weighted by atomic mass is 16.5. The molecule has 118 valence electrons.